The molecule has 12 nitrogen and oxygen atoms in total. The van der Waals surface area contributed by atoms with Gasteiger partial charge in [-0.3, -0.25) is 20.2 Å². The van der Waals surface area contributed by atoms with Crippen LogP contribution in [0.2, 0.25) is 0 Å². The van der Waals surface area contributed by atoms with Crippen LogP contribution in [0.25, 0.3) is 20.9 Å². The fraction of sp³-hybridized carbons (Fsp3) is 1.00. The molecule has 0 aromatic carbocycles. The molecule has 0 radical (unpaired) electrons. The smallest absolute Gasteiger partial charge is 0.258 e. The van der Waals surface area contributed by atoms with E-state index in [1.807, 2.05) is 9.82 Å². The first-order chi connectivity index (χ1) is 6.01. The van der Waals surface area contributed by atoms with Gasteiger partial charge in [-0.25, -0.2) is 0 Å². The first kappa shape index (κ1) is 10.4. The lowest BCUT2D eigenvalue weighted by atomic mass is 10.7. The van der Waals surface area contributed by atoms with Gasteiger partial charge >= 0.3 is 5.91 Å². The molecule has 13 heavy (non-hydrogen) atoms. The van der Waals surface area contributed by atoms with Crippen LogP contribution < -0.4 is 0 Å². The lowest BCUT2D eigenvalue weighted by Crippen LogP contribution is -2.41. The molecule has 0 saturated heterocycles. The molecule has 0 rings (SSSR count). The van der Waals surface area contributed by atoms with Gasteiger partial charge < -0.3 is 0 Å². The minimum Gasteiger partial charge on any atom is -0.258 e. The molecule has 0 atom stereocenters. The normalized spacial score (nSPS) is 9.23. The van der Waals surface area contributed by atoms with Crippen LogP contribution in [0.4, 0.5) is 0 Å². The van der Waals surface area contributed by atoms with Crippen molar-refractivity contribution in [2.45, 2.75) is 5.91 Å². The summed E-state index contributed by atoms with van der Waals surface area (Å²) >= 11 is 0. The third kappa shape index (κ3) is 1.71. The van der Waals surface area contributed by atoms with Crippen molar-refractivity contribution in [3.8, 4) is 0 Å². The molecule has 0 unspecified atom stereocenters. The van der Waals surface area contributed by atoms with Crippen molar-refractivity contribution in [3.05, 3.63) is 41.1 Å². The van der Waals surface area contributed by atoms with Gasteiger partial charge in [0.2, 0.25) is 0 Å². The topological polar surface area (TPSA) is 184 Å². The molecule has 0 saturated carbocycles. The van der Waals surface area contributed by atoms with E-state index in [9.17, 15) is 20.2 Å². The summed E-state index contributed by atoms with van der Waals surface area (Å²) < 4.78 is 0. The molecule has 0 aliphatic rings. The predicted octanol–water partition coefficient (Wildman–Crippen LogP) is 0.772. The molecule has 0 aliphatic carbocycles. The molecule has 12 heteroatoms. The maximum atomic E-state index is 10.1. The van der Waals surface area contributed by atoms with Gasteiger partial charge in [0.15, 0.2) is 0 Å². The number of hydrogen-bond acceptors (Lipinski definition) is 6. The molecule has 0 heterocycles. The third-order valence-corrected chi connectivity index (χ3v) is 0.848. The average Bonchev–Trinajstić information content (AvgIpc) is 2.03. The van der Waals surface area contributed by atoms with Gasteiger partial charge in [-0.2, -0.15) is 0 Å². The zero-order chi connectivity index (χ0) is 10.5. The van der Waals surface area contributed by atoms with Crippen molar-refractivity contribution in [2.75, 3.05) is 0 Å². The molecule has 0 spiro atoms. The highest BCUT2D eigenvalue weighted by Gasteiger charge is 2.57. The Morgan fingerprint density at radius 1 is 1.08 bits per heavy atom. The Morgan fingerprint density at radius 3 is 1.54 bits per heavy atom. The van der Waals surface area contributed by atoms with Gasteiger partial charge in [0.05, 0.1) is 10.2 Å². The van der Waals surface area contributed by atoms with E-state index in [0.29, 0.717) is 0 Å². The largest absolute Gasteiger partial charge is 0.638 e. The minimum atomic E-state index is -3.54. The van der Waals surface area contributed by atoms with Gasteiger partial charge in [0.25, 0.3) is 0 Å². The lowest BCUT2D eigenvalue weighted by Gasteiger charge is -2.02. The molecule has 0 aromatic heterocycles. The molecule has 0 bridgehead atoms. The Bertz CT molecular complexity index is 291. The van der Waals surface area contributed by atoms with E-state index in [-0.39, 0.29) is 0 Å². The van der Waals surface area contributed by atoms with Crippen LogP contribution in [0.15, 0.2) is 10.2 Å². The molecule has 0 fully saturated rings. The van der Waals surface area contributed by atoms with Gasteiger partial charge in [-0.05, 0) is 11.1 Å². The first-order valence-corrected chi connectivity index (χ1v) is 2.42. The van der Waals surface area contributed by atoms with E-state index < -0.39 is 15.8 Å². The second kappa shape index (κ2) is 3.71. The van der Waals surface area contributed by atoms with Crippen molar-refractivity contribution >= 4 is 0 Å². The van der Waals surface area contributed by atoms with Crippen LogP contribution in [0.5, 0.6) is 0 Å². The fourth-order valence-corrected chi connectivity index (χ4v) is 0.353. The Balaban J connectivity index is 5.56. The van der Waals surface area contributed by atoms with Crippen molar-refractivity contribution in [3.63, 3.8) is 0 Å². The molecule has 0 aromatic rings. The van der Waals surface area contributed by atoms with E-state index in [2.05, 4.69) is 10.2 Å². The summed E-state index contributed by atoms with van der Waals surface area (Å²) in [6.07, 6.45) is 0. The standard InChI is InChI=1S/CN8O4/c2-6-4-1(5-7-3,8(10)11)9(12)13. The Labute approximate surface area is 68.3 Å². The van der Waals surface area contributed by atoms with Crippen LogP contribution in [0, 0.1) is 20.2 Å². The zero-order valence-electron chi connectivity index (χ0n) is 5.71. The quantitative estimate of drug-likeness (QED) is 0.157. The Kier molecular flexibility index (Phi) is 2.97. The van der Waals surface area contributed by atoms with Crippen LogP contribution in [0.3, 0.4) is 0 Å². The summed E-state index contributed by atoms with van der Waals surface area (Å²) in [5.41, 5.74) is 15.6. The summed E-state index contributed by atoms with van der Waals surface area (Å²) in [6.45, 7) is 0. The molecular formula is CN8O4. The van der Waals surface area contributed by atoms with Crippen molar-refractivity contribution in [1.82, 2.24) is 0 Å². The van der Waals surface area contributed by atoms with Crippen molar-refractivity contribution < 1.29 is 9.85 Å². The highest BCUT2D eigenvalue weighted by molar-refractivity contribution is 4.62. The summed E-state index contributed by atoms with van der Waals surface area (Å²) in [4.78, 5) is 20.6. The maximum Gasteiger partial charge on any atom is 0.638 e. The average molecular weight is 188 g/mol. The van der Waals surface area contributed by atoms with E-state index in [0.717, 1.165) is 0 Å². The van der Waals surface area contributed by atoms with Gasteiger partial charge in [-0.1, -0.05) is 0 Å². The van der Waals surface area contributed by atoms with E-state index in [4.69, 9.17) is 11.1 Å². The van der Waals surface area contributed by atoms with Crippen molar-refractivity contribution in [2.24, 2.45) is 10.2 Å². The third-order valence-electron chi connectivity index (χ3n) is 0.848. The first-order valence-electron chi connectivity index (χ1n) is 2.42. The number of rotatable bonds is 4. The van der Waals surface area contributed by atoms with Gasteiger partial charge in [0, 0.05) is 9.82 Å². The second-order valence-electron chi connectivity index (χ2n) is 1.49. The lowest BCUT2D eigenvalue weighted by molar-refractivity contribution is -0.793. The molecular weight excluding hydrogens is 188 g/mol. The summed E-state index contributed by atoms with van der Waals surface area (Å²) in [7, 11) is 0. The fourth-order valence-electron chi connectivity index (χ4n) is 0.353. The number of nitro groups is 2. The molecule has 0 N–H and O–H groups in total. The molecule has 0 aliphatic heterocycles. The monoisotopic (exact) mass is 188 g/mol. The van der Waals surface area contributed by atoms with Crippen molar-refractivity contribution in [1.29, 1.82) is 0 Å². The maximum absolute atomic E-state index is 10.1. The predicted molar refractivity (Wildman–Crippen MR) is 35.0 cm³/mol. The summed E-state index contributed by atoms with van der Waals surface area (Å²) in [5.74, 6) is -3.54. The minimum absolute atomic E-state index is 1.60. The van der Waals surface area contributed by atoms with E-state index in [1.165, 1.54) is 0 Å². The van der Waals surface area contributed by atoms with Crippen LogP contribution in [-0.2, 0) is 0 Å². The zero-order valence-corrected chi connectivity index (χ0v) is 5.71. The van der Waals surface area contributed by atoms with E-state index >= 15 is 0 Å². The summed E-state index contributed by atoms with van der Waals surface area (Å²) in [6, 6.07) is 0. The highest BCUT2D eigenvalue weighted by Crippen LogP contribution is 2.15. The molecule has 0 amide bonds. The number of azide groups is 1. The molecule has 68 valence electrons. The van der Waals surface area contributed by atoms with Crippen LogP contribution in [-0.4, -0.2) is 15.8 Å². The summed E-state index contributed by atoms with van der Waals surface area (Å²) in [5, 5.41) is 24.6. The SMILES string of the molecule is [N-]=[N+]=NC(N=[N+]=[N-])([N+](=O)[O-])[N+](=O)[O-]. The van der Waals surface area contributed by atoms with Crippen LogP contribution in [0.1, 0.15) is 0 Å². The van der Waals surface area contributed by atoms with E-state index in [1.54, 1.807) is 0 Å². The van der Waals surface area contributed by atoms with Gasteiger partial charge in [0.1, 0.15) is 9.85 Å². The number of hydrogen-bond donors (Lipinski definition) is 0. The Morgan fingerprint density at radius 2 is 1.38 bits per heavy atom. The second-order valence-corrected chi connectivity index (χ2v) is 1.49. The number of nitrogens with zero attached hydrogens (tertiary/aromatic N) is 8. The van der Waals surface area contributed by atoms with Gasteiger partial charge in [-0.15, -0.1) is 0 Å². The van der Waals surface area contributed by atoms with Crippen LogP contribution >= 0.6 is 0 Å². The Hall–Kier alpha value is -2.58. The highest BCUT2D eigenvalue weighted by atomic mass is 16.7.